The number of Topliss-reactive ketones (excluding diaryl/α,β-unsaturated/α-hetero) is 1. The van der Waals surface area contributed by atoms with Crippen molar-refractivity contribution in [1.29, 1.82) is 0 Å². The van der Waals surface area contributed by atoms with Crippen molar-refractivity contribution in [3.05, 3.63) is 71.3 Å². The van der Waals surface area contributed by atoms with Gasteiger partial charge < -0.3 is 9.47 Å². The predicted molar refractivity (Wildman–Crippen MR) is 87.7 cm³/mol. The Balaban J connectivity index is 2.37. The molecule has 4 heteroatoms. The Labute approximate surface area is 136 Å². The van der Waals surface area contributed by atoms with Crippen LogP contribution in [-0.4, -0.2) is 31.1 Å². The Morgan fingerprint density at radius 1 is 0.826 bits per heavy atom. The van der Waals surface area contributed by atoms with Gasteiger partial charge in [0.1, 0.15) is 0 Å². The Hall–Kier alpha value is -2.30. The van der Waals surface area contributed by atoms with Crippen LogP contribution in [0.2, 0.25) is 0 Å². The van der Waals surface area contributed by atoms with Crippen molar-refractivity contribution < 1.29 is 19.1 Å². The molecule has 23 heavy (non-hydrogen) atoms. The molecule has 0 heterocycles. The first kappa shape index (κ1) is 17.1. The number of ketones is 2. The van der Waals surface area contributed by atoms with Gasteiger partial charge in [-0.25, -0.2) is 0 Å². The molecule has 0 spiro atoms. The summed E-state index contributed by atoms with van der Waals surface area (Å²) < 4.78 is 10.7. The first-order chi connectivity index (χ1) is 11.2. The van der Waals surface area contributed by atoms with Gasteiger partial charge in [-0.15, -0.1) is 0 Å². The molecular formula is C19H20O4. The van der Waals surface area contributed by atoms with Gasteiger partial charge in [0.15, 0.2) is 5.78 Å². The third-order valence-corrected chi connectivity index (χ3v) is 3.32. The van der Waals surface area contributed by atoms with Crippen molar-refractivity contribution in [2.75, 3.05) is 13.2 Å². The van der Waals surface area contributed by atoms with Crippen LogP contribution in [0.25, 0.3) is 0 Å². The first-order valence-corrected chi connectivity index (χ1v) is 7.65. The van der Waals surface area contributed by atoms with Crippen LogP contribution in [0.4, 0.5) is 0 Å². The summed E-state index contributed by atoms with van der Waals surface area (Å²) in [6.07, 6.45) is -0.991. The Morgan fingerprint density at radius 3 is 1.91 bits per heavy atom. The number of hydrogen-bond acceptors (Lipinski definition) is 4. The van der Waals surface area contributed by atoms with E-state index in [0.717, 1.165) is 0 Å². The summed E-state index contributed by atoms with van der Waals surface area (Å²) in [5.41, 5.74) is 1.21. The molecule has 0 atom stereocenters. The normalized spacial score (nSPS) is 10.7. The molecule has 0 saturated carbocycles. The lowest BCUT2D eigenvalue weighted by Crippen LogP contribution is -2.29. The van der Waals surface area contributed by atoms with Gasteiger partial charge in [0.05, 0.1) is 0 Å². The van der Waals surface area contributed by atoms with Gasteiger partial charge in [0.2, 0.25) is 12.1 Å². The molecule has 120 valence electrons. The number of carbonyl (C=O) groups excluding carboxylic acids is 2. The molecule has 2 aromatic carbocycles. The first-order valence-electron chi connectivity index (χ1n) is 7.65. The molecule has 0 fully saturated rings. The smallest absolute Gasteiger partial charge is 0.222 e. The lowest BCUT2D eigenvalue weighted by molar-refractivity contribution is -0.107. The van der Waals surface area contributed by atoms with Gasteiger partial charge in [-0.1, -0.05) is 54.6 Å². The van der Waals surface area contributed by atoms with Crippen LogP contribution in [0, 0.1) is 0 Å². The van der Waals surface area contributed by atoms with Crippen molar-refractivity contribution in [3.63, 3.8) is 0 Å². The molecule has 0 aliphatic carbocycles. The summed E-state index contributed by atoms with van der Waals surface area (Å²) in [4.78, 5) is 25.4. The minimum Gasteiger partial charge on any atom is -0.346 e. The van der Waals surface area contributed by atoms with Gasteiger partial charge >= 0.3 is 0 Å². The second-order valence-corrected chi connectivity index (χ2v) is 4.85. The summed E-state index contributed by atoms with van der Waals surface area (Å²) >= 11 is 0. The molecule has 2 aromatic rings. The zero-order valence-corrected chi connectivity index (χ0v) is 13.3. The highest BCUT2D eigenvalue weighted by atomic mass is 16.7. The van der Waals surface area contributed by atoms with E-state index in [1.54, 1.807) is 62.4 Å². The minimum atomic E-state index is -0.991. The van der Waals surface area contributed by atoms with Gasteiger partial charge in [-0.2, -0.15) is 0 Å². The fourth-order valence-electron chi connectivity index (χ4n) is 2.27. The molecule has 4 nitrogen and oxygen atoms in total. The summed E-state index contributed by atoms with van der Waals surface area (Å²) in [7, 11) is 0. The summed E-state index contributed by atoms with van der Waals surface area (Å²) in [6.45, 7) is 4.29. The highest BCUT2D eigenvalue weighted by Crippen LogP contribution is 2.18. The van der Waals surface area contributed by atoms with E-state index in [4.69, 9.17) is 9.47 Å². The van der Waals surface area contributed by atoms with E-state index < -0.39 is 6.29 Å². The van der Waals surface area contributed by atoms with Crippen LogP contribution in [-0.2, 0) is 9.47 Å². The third kappa shape index (κ3) is 4.12. The largest absolute Gasteiger partial charge is 0.346 e. The lowest BCUT2D eigenvalue weighted by atomic mass is 9.96. The van der Waals surface area contributed by atoms with Crippen molar-refractivity contribution >= 4 is 11.6 Å². The van der Waals surface area contributed by atoms with Gasteiger partial charge in [0, 0.05) is 29.9 Å². The molecule has 0 aliphatic heterocycles. The summed E-state index contributed by atoms with van der Waals surface area (Å²) in [5.74, 6) is -0.533. The highest BCUT2D eigenvalue weighted by Gasteiger charge is 2.25. The van der Waals surface area contributed by atoms with E-state index in [-0.39, 0.29) is 11.6 Å². The fourth-order valence-corrected chi connectivity index (χ4v) is 2.27. The van der Waals surface area contributed by atoms with E-state index in [1.165, 1.54) is 0 Å². The van der Waals surface area contributed by atoms with Crippen molar-refractivity contribution in [1.82, 2.24) is 0 Å². The predicted octanol–water partition coefficient (Wildman–Crippen LogP) is 3.50. The van der Waals surface area contributed by atoms with Crippen molar-refractivity contribution in [2.24, 2.45) is 0 Å². The number of ether oxygens (including phenoxy) is 2. The zero-order valence-electron chi connectivity index (χ0n) is 13.3. The summed E-state index contributed by atoms with van der Waals surface area (Å²) in [5, 5.41) is 0. The van der Waals surface area contributed by atoms with Crippen LogP contribution < -0.4 is 0 Å². The molecular weight excluding hydrogens is 292 g/mol. The molecule has 0 aromatic heterocycles. The lowest BCUT2D eigenvalue weighted by Gasteiger charge is -2.17. The maximum absolute atomic E-state index is 12.7. The Bertz CT molecular complexity index is 658. The highest BCUT2D eigenvalue weighted by molar-refractivity contribution is 6.16. The molecule has 0 N–H and O–H groups in total. The molecule has 0 radical (unpaired) electrons. The SMILES string of the molecule is CCOC(OCC)C(=O)c1ccccc1C(=O)c1ccccc1. The second kappa shape index (κ2) is 8.36. The molecule has 2 rings (SSSR count). The maximum atomic E-state index is 12.7. The van der Waals surface area contributed by atoms with Crippen LogP contribution in [0.5, 0.6) is 0 Å². The van der Waals surface area contributed by atoms with Crippen LogP contribution in [0.3, 0.4) is 0 Å². The van der Waals surface area contributed by atoms with Crippen LogP contribution >= 0.6 is 0 Å². The number of benzene rings is 2. The van der Waals surface area contributed by atoms with Gasteiger partial charge in [-0.3, -0.25) is 9.59 Å². The van der Waals surface area contributed by atoms with Crippen LogP contribution in [0.15, 0.2) is 54.6 Å². The van der Waals surface area contributed by atoms with E-state index in [0.29, 0.717) is 29.9 Å². The maximum Gasteiger partial charge on any atom is 0.222 e. The van der Waals surface area contributed by atoms with Gasteiger partial charge in [-0.05, 0) is 13.8 Å². The number of hydrogen-bond donors (Lipinski definition) is 0. The fraction of sp³-hybridized carbons (Fsp3) is 0.263. The molecule has 0 unspecified atom stereocenters. The Morgan fingerprint density at radius 2 is 1.35 bits per heavy atom. The van der Waals surface area contributed by atoms with Crippen LogP contribution in [0.1, 0.15) is 40.1 Å². The monoisotopic (exact) mass is 312 g/mol. The second-order valence-electron chi connectivity index (χ2n) is 4.85. The molecule has 0 bridgehead atoms. The van der Waals surface area contributed by atoms with E-state index >= 15 is 0 Å². The average molecular weight is 312 g/mol. The average Bonchev–Trinajstić information content (AvgIpc) is 2.61. The standard InChI is InChI=1S/C19H20O4/c1-3-22-19(23-4-2)18(21)16-13-9-8-12-15(16)17(20)14-10-6-5-7-11-14/h5-13,19H,3-4H2,1-2H3. The summed E-state index contributed by atoms with van der Waals surface area (Å²) in [6, 6.07) is 15.6. The van der Waals surface area contributed by atoms with Gasteiger partial charge in [0.25, 0.3) is 0 Å². The van der Waals surface area contributed by atoms with Crippen molar-refractivity contribution in [2.45, 2.75) is 20.1 Å². The van der Waals surface area contributed by atoms with E-state index in [2.05, 4.69) is 0 Å². The molecule has 0 saturated heterocycles. The Kier molecular flexibility index (Phi) is 6.20. The minimum absolute atomic E-state index is 0.193. The number of rotatable bonds is 8. The van der Waals surface area contributed by atoms with E-state index in [9.17, 15) is 9.59 Å². The van der Waals surface area contributed by atoms with E-state index in [1.807, 2.05) is 6.07 Å². The third-order valence-electron chi connectivity index (χ3n) is 3.32. The number of carbonyl (C=O) groups is 2. The quantitative estimate of drug-likeness (QED) is 0.553. The molecule has 0 amide bonds. The molecule has 0 aliphatic rings. The zero-order chi connectivity index (χ0) is 16.7. The topological polar surface area (TPSA) is 52.6 Å². The van der Waals surface area contributed by atoms with Crippen molar-refractivity contribution in [3.8, 4) is 0 Å².